The first-order valence-corrected chi connectivity index (χ1v) is 8.28. The van der Waals surface area contributed by atoms with Crippen molar-refractivity contribution in [2.75, 3.05) is 5.32 Å². The molecular formula is C15H9ClF3IN2OS. The summed E-state index contributed by atoms with van der Waals surface area (Å²) >= 11 is 12.9. The molecule has 2 N–H and O–H groups in total. The molecule has 2 rings (SSSR count). The summed E-state index contributed by atoms with van der Waals surface area (Å²) in [7, 11) is 0. The van der Waals surface area contributed by atoms with Crippen molar-refractivity contribution in [2.24, 2.45) is 0 Å². The average molecular weight is 485 g/mol. The number of carbonyl (C=O) groups is 1. The number of anilines is 1. The zero-order valence-electron chi connectivity index (χ0n) is 11.7. The van der Waals surface area contributed by atoms with Gasteiger partial charge in [0.2, 0.25) is 0 Å². The van der Waals surface area contributed by atoms with E-state index in [-0.39, 0.29) is 15.8 Å². The Balaban J connectivity index is 2.06. The molecule has 0 aliphatic carbocycles. The van der Waals surface area contributed by atoms with Crippen LogP contribution in [0.1, 0.15) is 15.9 Å². The van der Waals surface area contributed by atoms with Gasteiger partial charge >= 0.3 is 6.18 Å². The molecule has 0 bridgehead atoms. The number of carbonyl (C=O) groups excluding carboxylic acids is 1. The Morgan fingerprint density at radius 3 is 2.46 bits per heavy atom. The van der Waals surface area contributed by atoms with Gasteiger partial charge in [0.1, 0.15) is 0 Å². The van der Waals surface area contributed by atoms with E-state index in [1.165, 1.54) is 0 Å². The third-order valence-electron chi connectivity index (χ3n) is 2.86. The number of nitrogens with one attached hydrogen (secondary N) is 2. The lowest BCUT2D eigenvalue weighted by molar-refractivity contribution is -0.137. The molecule has 0 saturated carbocycles. The second-order valence-corrected chi connectivity index (χ2v) is 6.67. The lowest BCUT2D eigenvalue weighted by Gasteiger charge is -2.13. The van der Waals surface area contributed by atoms with Crippen LogP contribution in [-0.4, -0.2) is 11.0 Å². The molecule has 24 heavy (non-hydrogen) atoms. The second kappa shape index (κ2) is 7.66. The van der Waals surface area contributed by atoms with Gasteiger partial charge in [-0.2, -0.15) is 13.2 Å². The molecule has 0 spiro atoms. The van der Waals surface area contributed by atoms with Crippen LogP contribution in [0.25, 0.3) is 0 Å². The van der Waals surface area contributed by atoms with Gasteiger partial charge in [-0.25, -0.2) is 0 Å². The van der Waals surface area contributed by atoms with Crippen LogP contribution in [0, 0.1) is 3.57 Å². The third kappa shape index (κ3) is 5.05. The van der Waals surface area contributed by atoms with Crippen LogP contribution in [0.2, 0.25) is 5.02 Å². The van der Waals surface area contributed by atoms with E-state index in [0.29, 0.717) is 5.56 Å². The largest absolute Gasteiger partial charge is 0.416 e. The molecule has 0 aromatic heterocycles. The fraction of sp³-hybridized carbons (Fsp3) is 0.0667. The van der Waals surface area contributed by atoms with Crippen LogP contribution in [0.15, 0.2) is 42.5 Å². The number of hydrogen-bond donors (Lipinski definition) is 2. The summed E-state index contributed by atoms with van der Waals surface area (Å²) in [5, 5.41) is 4.82. The zero-order chi connectivity index (χ0) is 17.9. The molecule has 2 aromatic rings. The quantitative estimate of drug-likeness (QED) is 0.461. The van der Waals surface area contributed by atoms with E-state index >= 15 is 0 Å². The molecule has 3 nitrogen and oxygen atoms in total. The number of hydrogen-bond acceptors (Lipinski definition) is 2. The molecule has 0 saturated heterocycles. The minimum Gasteiger partial charge on any atom is -0.331 e. The van der Waals surface area contributed by atoms with E-state index in [0.717, 1.165) is 21.8 Å². The molecule has 1 amide bonds. The topological polar surface area (TPSA) is 41.1 Å². The predicted molar refractivity (Wildman–Crippen MR) is 99.3 cm³/mol. The molecule has 2 aromatic carbocycles. The van der Waals surface area contributed by atoms with Gasteiger partial charge in [0.05, 0.1) is 16.3 Å². The second-order valence-electron chi connectivity index (χ2n) is 4.61. The first kappa shape index (κ1) is 18.9. The molecule has 0 aliphatic heterocycles. The van der Waals surface area contributed by atoms with E-state index in [4.69, 9.17) is 23.8 Å². The molecule has 9 heteroatoms. The van der Waals surface area contributed by atoms with Crippen molar-refractivity contribution in [1.29, 1.82) is 0 Å². The minimum atomic E-state index is -4.48. The fourth-order valence-corrected chi connectivity index (χ4v) is 2.72. The van der Waals surface area contributed by atoms with Gasteiger partial charge in [-0.1, -0.05) is 17.7 Å². The molecule has 0 atom stereocenters. The fourth-order valence-electron chi connectivity index (χ4n) is 1.75. The lowest BCUT2D eigenvalue weighted by Crippen LogP contribution is -2.34. The Morgan fingerprint density at radius 1 is 1.17 bits per heavy atom. The van der Waals surface area contributed by atoms with Crippen molar-refractivity contribution in [3.05, 3.63) is 62.2 Å². The summed E-state index contributed by atoms with van der Waals surface area (Å²) in [6, 6.07) is 9.64. The number of halogens is 5. The van der Waals surface area contributed by atoms with Crippen molar-refractivity contribution in [3.8, 4) is 0 Å². The van der Waals surface area contributed by atoms with Gasteiger partial charge in [0.25, 0.3) is 5.91 Å². The Hall–Kier alpha value is -1.39. The Labute approximate surface area is 159 Å². The van der Waals surface area contributed by atoms with Gasteiger partial charge in [-0.05, 0) is 71.2 Å². The van der Waals surface area contributed by atoms with Crippen LogP contribution in [0.4, 0.5) is 18.9 Å². The number of amides is 1. The molecule has 0 fully saturated rings. The van der Waals surface area contributed by atoms with Gasteiger partial charge in [-0.15, -0.1) is 0 Å². The molecule has 126 valence electrons. The summed E-state index contributed by atoms with van der Waals surface area (Å²) in [5.41, 5.74) is -0.297. The van der Waals surface area contributed by atoms with Crippen molar-refractivity contribution in [3.63, 3.8) is 0 Å². The van der Waals surface area contributed by atoms with Crippen LogP contribution < -0.4 is 10.6 Å². The Morgan fingerprint density at radius 2 is 1.88 bits per heavy atom. The summed E-state index contributed by atoms with van der Waals surface area (Å²) in [5.74, 6) is -0.436. The van der Waals surface area contributed by atoms with Crippen LogP contribution in [0.5, 0.6) is 0 Å². The summed E-state index contributed by atoms with van der Waals surface area (Å²) < 4.78 is 38.7. The SMILES string of the molecule is O=C(NC(=S)Nc1ccc(C(F)(F)F)cc1Cl)c1cccc(I)c1. The maximum atomic E-state index is 12.6. The maximum Gasteiger partial charge on any atom is 0.416 e. The standard InChI is InChI=1S/C15H9ClF3IN2OS/c16-11-7-9(15(17,18)19)4-5-12(11)21-14(24)22-13(23)8-2-1-3-10(20)6-8/h1-7H,(H2,21,22,23,24). The monoisotopic (exact) mass is 484 g/mol. The normalized spacial score (nSPS) is 11.0. The van der Waals surface area contributed by atoms with E-state index < -0.39 is 17.6 Å². The summed E-state index contributed by atoms with van der Waals surface area (Å²) in [6.45, 7) is 0. The number of rotatable bonds is 2. The highest BCUT2D eigenvalue weighted by Gasteiger charge is 2.30. The maximum absolute atomic E-state index is 12.6. The Bertz CT molecular complexity index is 799. The van der Waals surface area contributed by atoms with Crippen molar-refractivity contribution < 1.29 is 18.0 Å². The number of alkyl halides is 3. The highest BCUT2D eigenvalue weighted by molar-refractivity contribution is 14.1. The van der Waals surface area contributed by atoms with E-state index in [1.54, 1.807) is 18.2 Å². The molecule has 0 aliphatic rings. The van der Waals surface area contributed by atoms with Gasteiger partial charge in [-0.3, -0.25) is 10.1 Å². The molecule has 0 radical (unpaired) electrons. The predicted octanol–water partition coefficient (Wildman–Crippen LogP) is 5.09. The zero-order valence-corrected chi connectivity index (χ0v) is 15.5. The van der Waals surface area contributed by atoms with Crippen molar-refractivity contribution in [2.45, 2.75) is 6.18 Å². The van der Waals surface area contributed by atoms with Crippen LogP contribution in [-0.2, 0) is 6.18 Å². The summed E-state index contributed by atoms with van der Waals surface area (Å²) in [4.78, 5) is 12.0. The summed E-state index contributed by atoms with van der Waals surface area (Å²) in [6.07, 6.45) is -4.48. The smallest absolute Gasteiger partial charge is 0.331 e. The van der Waals surface area contributed by atoms with E-state index in [2.05, 4.69) is 33.2 Å². The number of benzene rings is 2. The highest BCUT2D eigenvalue weighted by atomic mass is 127. The Kier molecular flexibility index (Phi) is 6.05. The first-order valence-electron chi connectivity index (χ1n) is 6.41. The molecule has 0 unspecified atom stereocenters. The van der Waals surface area contributed by atoms with Gasteiger partial charge in [0.15, 0.2) is 5.11 Å². The van der Waals surface area contributed by atoms with Gasteiger partial charge in [0, 0.05) is 9.13 Å². The van der Waals surface area contributed by atoms with Crippen LogP contribution in [0.3, 0.4) is 0 Å². The third-order valence-corrected chi connectivity index (χ3v) is 4.05. The molecule has 0 heterocycles. The first-order chi connectivity index (χ1) is 11.2. The van der Waals surface area contributed by atoms with Crippen molar-refractivity contribution in [1.82, 2.24) is 5.32 Å². The van der Waals surface area contributed by atoms with Crippen LogP contribution >= 0.6 is 46.4 Å². The highest BCUT2D eigenvalue weighted by Crippen LogP contribution is 2.33. The van der Waals surface area contributed by atoms with Gasteiger partial charge < -0.3 is 5.32 Å². The lowest BCUT2D eigenvalue weighted by atomic mass is 10.2. The minimum absolute atomic E-state index is 0.0690. The molecular weight excluding hydrogens is 476 g/mol. The van der Waals surface area contributed by atoms with E-state index in [1.807, 2.05) is 6.07 Å². The van der Waals surface area contributed by atoms with Crippen molar-refractivity contribution >= 4 is 63.1 Å². The van der Waals surface area contributed by atoms with E-state index in [9.17, 15) is 18.0 Å². The number of thiocarbonyl (C=S) groups is 1. The average Bonchev–Trinajstić information content (AvgIpc) is 2.48.